The van der Waals surface area contributed by atoms with E-state index in [0.29, 0.717) is 5.41 Å². The molecule has 0 amide bonds. The van der Waals surface area contributed by atoms with Crippen LogP contribution in [-0.2, 0) is 0 Å². The second-order valence-corrected chi connectivity index (χ2v) is 7.28. The highest BCUT2D eigenvalue weighted by molar-refractivity contribution is 7.09. The molecular weight excluding hydrogens is 266 g/mol. The van der Waals surface area contributed by atoms with Crippen LogP contribution < -0.4 is 0 Å². The highest BCUT2D eigenvalue weighted by Gasteiger charge is 2.62. The number of nitrogens with zero attached hydrogens (tertiary/aromatic N) is 3. The lowest BCUT2D eigenvalue weighted by Crippen LogP contribution is -1.96. The van der Waals surface area contributed by atoms with Crippen molar-refractivity contribution in [2.24, 2.45) is 5.41 Å². The third kappa shape index (κ3) is 1.45. The Labute approximate surface area is 121 Å². The maximum Gasteiger partial charge on any atom is 0.165 e. The third-order valence-electron chi connectivity index (χ3n) is 4.90. The summed E-state index contributed by atoms with van der Waals surface area (Å²) in [7, 11) is 0. The summed E-state index contributed by atoms with van der Waals surface area (Å²) in [5, 5.41) is 8.87. The number of aromatic nitrogens is 3. The Balaban J connectivity index is 1.65. The molecule has 100 valence electrons. The fraction of sp³-hybridized carbons (Fsp3) is 0.375. The summed E-state index contributed by atoms with van der Waals surface area (Å²) < 4.78 is 1.98. The molecule has 2 aliphatic carbocycles. The average molecular weight is 281 g/mol. The van der Waals surface area contributed by atoms with Gasteiger partial charge in [-0.3, -0.25) is 0 Å². The average Bonchev–Trinajstić information content (AvgIpc) is 3.28. The van der Waals surface area contributed by atoms with E-state index in [1.807, 2.05) is 17.8 Å². The van der Waals surface area contributed by atoms with Crippen molar-refractivity contribution in [1.29, 1.82) is 0 Å². The van der Waals surface area contributed by atoms with E-state index in [1.54, 1.807) is 11.3 Å². The van der Waals surface area contributed by atoms with Gasteiger partial charge in [-0.05, 0) is 49.1 Å². The standard InChI is InChI=1S/C16H15N3S/c1-10-18-15(9-20-10)19-14-6-11(2-3-12(14)8-17-19)13-7-16(13)4-5-16/h2-3,6,8-9,13H,4-5,7H2,1H3. The van der Waals surface area contributed by atoms with Crippen LogP contribution in [0.15, 0.2) is 29.8 Å². The van der Waals surface area contributed by atoms with Crippen LogP contribution in [0.3, 0.4) is 0 Å². The molecule has 2 heterocycles. The fourth-order valence-electron chi connectivity index (χ4n) is 3.42. The van der Waals surface area contributed by atoms with E-state index in [0.717, 1.165) is 16.7 Å². The molecule has 1 atom stereocenters. The molecule has 0 aliphatic heterocycles. The SMILES string of the molecule is Cc1nc(-n2ncc3ccc(C4CC45CC5)cc32)cs1. The maximum absolute atomic E-state index is 4.55. The normalized spacial score (nSPS) is 22.6. The van der Waals surface area contributed by atoms with E-state index < -0.39 is 0 Å². The van der Waals surface area contributed by atoms with Gasteiger partial charge in [0.1, 0.15) is 0 Å². The van der Waals surface area contributed by atoms with Gasteiger partial charge in [-0.2, -0.15) is 5.10 Å². The lowest BCUT2D eigenvalue weighted by Gasteiger charge is -2.02. The molecule has 0 N–H and O–H groups in total. The predicted molar refractivity (Wildman–Crippen MR) is 80.5 cm³/mol. The molecule has 1 aromatic carbocycles. The number of hydrogen-bond acceptors (Lipinski definition) is 3. The lowest BCUT2D eigenvalue weighted by molar-refractivity contribution is 0.838. The van der Waals surface area contributed by atoms with E-state index in [-0.39, 0.29) is 0 Å². The zero-order valence-corrected chi connectivity index (χ0v) is 12.2. The molecule has 2 fully saturated rings. The maximum atomic E-state index is 4.55. The van der Waals surface area contributed by atoms with Crippen molar-refractivity contribution in [3.05, 3.63) is 40.3 Å². The minimum Gasteiger partial charge on any atom is -0.222 e. The summed E-state index contributed by atoms with van der Waals surface area (Å²) in [4.78, 5) is 4.55. The Morgan fingerprint density at radius 3 is 2.95 bits per heavy atom. The Hall–Kier alpha value is -1.68. The number of fused-ring (bicyclic) bond motifs is 1. The molecule has 20 heavy (non-hydrogen) atoms. The van der Waals surface area contributed by atoms with Gasteiger partial charge in [0.25, 0.3) is 0 Å². The van der Waals surface area contributed by atoms with Crippen LogP contribution in [0, 0.1) is 12.3 Å². The Morgan fingerprint density at radius 1 is 1.35 bits per heavy atom. The van der Waals surface area contributed by atoms with Gasteiger partial charge in [0, 0.05) is 10.8 Å². The van der Waals surface area contributed by atoms with Crippen molar-refractivity contribution in [1.82, 2.24) is 14.8 Å². The Kier molecular flexibility index (Phi) is 1.93. The van der Waals surface area contributed by atoms with Crippen LogP contribution >= 0.6 is 11.3 Å². The second-order valence-electron chi connectivity index (χ2n) is 6.22. The first-order valence-electron chi connectivity index (χ1n) is 7.15. The number of hydrogen-bond donors (Lipinski definition) is 0. The summed E-state index contributed by atoms with van der Waals surface area (Å²) >= 11 is 1.67. The van der Waals surface area contributed by atoms with Gasteiger partial charge in [0.2, 0.25) is 0 Å². The predicted octanol–water partition coefficient (Wildman–Crippen LogP) is 4.06. The summed E-state index contributed by atoms with van der Waals surface area (Å²) in [5.41, 5.74) is 3.38. The molecule has 2 aliphatic rings. The van der Waals surface area contributed by atoms with Crippen LogP contribution in [0.1, 0.15) is 35.8 Å². The van der Waals surface area contributed by atoms with Crippen molar-refractivity contribution >= 4 is 22.2 Å². The molecule has 5 rings (SSSR count). The van der Waals surface area contributed by atoms with Crippen LogP contribution in [0.4, 0.5) is 0 Å². The van der Waals surface area contributed by atoms with Crippen molar-refractivity contribution < 1.29 is 0 Å². The number of thiazole rings is 1. The topological polar surface area (TPSA) is 30.7 Å². The van der Waals surface area contributed by atoms with Crippen molar-refractivity contribution in [3.8, 4) is 5.82 Å². The monoisotopic (exact) mass is 281 g/mol. The molecule has 0 saturated heterocycles. The molecule has 0 radical (unpaired) electrons. The first-order chi connectivity index (χ1) is 9.75. The molecule has 4 heteroatoms. The van der Waals surface area contributed by atoms with E-state index in [1.165, 1.54) is 35.7 Å². The van der Waals surface area contributed by atoms with Crippen LogP contribution in [0.2, 0.25) is 0 Å². The first-order valence-corrected chi connectivity index (χ1v) is 8.03. The molecule has 3 aromatic rings. The first kappa shape index (κ1) is 11.0. The van der Waals surface area contributed by atoms with Gasteiger partial charge < -0.3 is 0 Å². The molecular formula is C16H15N3S. The van der Waals surface area contributed by atoms with Crippen molar-refractivity contribution in [2.45, 2.75) is 32.1 Å². The molecule has 1 spiro atoms. The lowest BCUT2D eigenvalue weighted by atomic mass is 10.1. The molecule has 3 nitrogen and oxygen atoms in total. The van der Waals surface area contributed by atoms with Crippen molar-refractivity contribution in [3.63, 3.8) is 0 Å². The quantitative estimate of drug-likeness (QED) is 0.709. The van der Waals surface area contributed by atoms with E-state index >= 15 is 0 Å². The number of rotatable bonds is 2. The molecule has 0 bridgehead atoms. The smallest absolute Gasteiger partial charge is 0.165 e. The molecule has 1 unspecified atom stereocenters. The highest BCUT2D eigenvalue weighted by atomic mass is 32.1. The van der Waals surface area contributed by atoms with Gasteiger partial charge in [-0.25, -0.2) is 9.67 Å². The van der Waals surface area contributed by atoms with Gasteiger partial charge in [-0.1, -0.05) is 12.1 Å². The van der Waals surface area contributed by atoms with E-state index in [9.17, 15) is 0 Å². The molecule has 2 saturated carbocycles. The summed E-state index contributed by atoms with van der Waals surface area (Å²) in [5.74, 6) is 1.74. The van der Waals surface area contributed by atoms with E-state index in [4.69, 9.17) is 0 Å². The summed E-state index contributed by atoms with van der Waals surface area (Å²) in [6.07, 6.45) is 6.19. The van der Waals surface area contributed by atoms with Gasteiger partial charge in [0.15, 0.2) is 5.82 Å². The van der Waals surface area contributed by atoms with Gasteiger partial charge in [0.05, 0.1) is 16.7 Å². The van der Waals surface area contributed by atoms with Crippen LogP contribution in [0.5, 0.6) is 0 Å². The zero-order chi connectivity index (χ0) is 13.3. The number of aryl methyl sites for hydroxylation is 1. The third-order valence-corrected chi connectivity index (χ3v) is 5.66. The van der Waals surface area contributed by atoms with Gasteiger partial charge in [-0.15, -0.1) is 11.3 Å². The Morgan fingerprint density at radius 2 is 2.25 bits per heavy atom. The van der Waals surface area contributed by atoms with Crippen LogP contribution in [-0.4, -0.2) is 14.8 Å². The summed E-state index contributed by atoms with van der Waals surface area (Å²) in [6, 6.07) is 6.83. The number of benzene rings is 1. The molecule has 2 aromatic heterocycles. The van der Waals surface area contributed by atoms with Gasteiger partial charge >= 0.3 is 0 Å². The second kappa shape index (κ2) is 3.50. The fourth-order valence-corrected chi connectivity index (χ4v) is 3.99. The highest BCUT2D eigenvalue weighted by Crippen LogP contribution is 2.75. The largest absolute Gasteiger partial charge is 0.222 e. The zero-order valence-electron chi connectivity index (χ0n) is 11.3. The minimum absolute atomic E-state index is 0.704. The summed E-state index contributed by atoms with van der Waals surface area (Å²) in [6.45, 7) is 2.03. The van der Waals surface area contributed by atoms with Crippen molar-refractivity contribution in [2.75, 3.05) is 0 Å². The van der Waals surface area contributed by atoms with Crippen LogP contribution in [0.25, 0.3) is 16.7 Å². The minimum atomic E-state index is 0.704. The Bertz CT molecular complexity index is 825. The van der Waals surface area contributed by atoms with E-state index in [2.05, 4.69) is 33.7 Å².